The first-order valence-corrected chi connectivity index (χ1v) is 4.58. The van der Waals surface area contributed by atoms with Crippen molar-refractivity contribution >= 4 is 10.9 Å². The lowest BCUT2D eigenvalue weighted by Gasteiger charge is -2.19. The van der Waals surface area contributed by atoms with Crippen LogP contribution in [0.15, 0.2) is 30.5 Å². The summed E-state index contributed by atoms with van der Waals surface area (Å²) in [6.45, 7) is 1.24. The second-order valence-electron chi connectivity index (χ2n) is 3.16. The maximum Gasteiger partial charge on any atom is 0.170 e. The average molecular weight is 187 g/mol. The highest BCUT2D eigenvalue weighted by molar-refractivity contribution is 5.87. The quantitative estimate of drug-likeness (QED) is 0.632. The lowest BCUT2D eigenvalue weighted by molar-refractivity contribution is 0.174. The van der Waals surface area contributed by atoms with E-state index in [1.54, 1.807) is 6.20 Å². The Kier molecular flexibility index (Phi) is 1.56. The third-order valence-corrected chi connectivity index (χ3v) is 2.29. The van der Waals surface area contributed by atoms with Crippen molar-refractivity contribution in [2.75, 3.05) is 13.2 Å². The van der Waals surface area contributed by atoms with Crippen LogP contribution in [0.25, 0.3) is 10.9 Å². The fourth-order valence-electron chi connectivity index (χ4n) is 1.66. The summed E-state index contributed by atoms with van der Waals surface area (Å²) < 4.78 is 11.1. The summed E-state index contributed by atoms with van der Waals surface area (Å²) >= 11 is 0. The number of ether oxygens (including phenoxy) is 2. The smallest absolute Gasteiger partial charge is 0.170 e. The van der Waals surface area contributed by atoms with Gasteiger partial charge >= 0.3 is 0 Å². The van der Waals surface area contributed by atoms with E-state index < -0.39 is 0 Å². The van der Waals surface area contributed by atoms with Crippen LogP contribution < -0.4 is 9.47 Å². The summed E-state index contributed by atoms with van der Waals surface area (Å²) in [4.78, 5) is 4.25. The molecule has 3 heteroatoms. The molecule has 0 aliphatic carbocycles. The minimum atomic E-state index is 0.612. The second kappa shape index (κ2) is 2.87. The van der Waals surface area contributed by atoms with E-state index in [0.29, 0.717) is 13.2 Å². The van der Waals surface area contributed by atoms with E-state index in [9.17, 15) is 0 Å². The molecule has 0 spiro atoms. The lowest BCUT2D eigenvalue weighted by atomic mass is 10.2. The fraction of sp³-hybridized carbons (Fsp3) is 0.182. The summed E-state index contributed by atoms with van der Waals surface area (Å²) in [6, 6.07) is 7.75. The SMILES string of the molecule is c1cnc2ccc3c(c2c1)OCCO3. The molecule has 14 heavy (non-hydrogen) atoms. The van der Waals surface area contributed by atoms with Crippen molar-refractivity contribution in [3.63, 3.8) is 0 Å². The second-order valence-corrected chi connectivity index (χ2v) is 3.16. The van der Waals surface area contributed by atoms with Crippen molar-refractivity contribution in [2.45, 2.75) is 0 Å². The Morgan fingerprint density at radius 1 is 1.07 bits per heavy atom. The van der Waals surface area contributed by atoms with Crippen LogP contribution in [0.3, 0.4) is 0 Å². The van der Waals surface area contributed by atoms with E-state index in [1.807, 2.05) is 24.3 Å². The van der Waals surface area contributed by atoms with E-state index in [4.69, 9.17) is 9.47 Å². The zero-order valence-corrected chi connectivity index (χ0v) is 7.56. The summed E-state index contributed by atoms with van der Waals surface area (Å²) in [7, 11) is 0. The van der Waals surface area contributed by atoms with Crippen molar-refractivity contribution in [3.05, 3.63) is 30.5 Å². The standard InChI is InChI=1S/C11H9NO2/c1-2-8-9(12-5-1)3-4-10-11(8)14-7-6-13-10/h1-5H,6-7H2. The van der Waals surface area contributed by atoms with Crippen LogP contribution in [0.5, 0.6) is 11.5 Å². The van der Waals surface area contributed by atoms with Gasteiger partial charge in [-0.05, 0) is 24.3 Å². The van der Waals surface area contributed by atoms with Gasteiger partial charge < -0.3 is 9.47 Å². The van der Waals surface area contributed by atoms with Crippen molar-refractivity contribution in [3.8, 4) is 11.5 Å². The highest BCUT2D eigenvalue weighted by Crippen LogP contribution is 2.36. The Balaban J connectivity index is 2.34. The predicted octanol–water partition coefficient (Wildman–Crippen LogP) is 2.01. The molecule has 1 aliphatic rings. The van der Waals surface area contributed by atoms with Crippen molar-refractivity contribution in [1.29, 1.82) is 0 Å². The molecule has 2 heterocycles. The number of pyridine rings is 1. The molecular formula is C11H9NO2. The van der Waals surface area contributed by atoms with Crippen LogP contribution in [-0.4, -0.2) is 18.2 Å². The summed E-state index contributed by atoms with van der Waals surface area (Å²) in [5.41, 5.74) is 0.941. The Morgan fingerprint density at radius 2 is 2.00 bits per heavy atom. The van der Waals surface area contributed by atoms with Crippen LogP contribution in [0.4, 0.5) is 0 Å². The molecule has 70 valence electrons. The molecule has 0 amide bonds. The molecular weight excluding hydrogens is 178 g/mol. The third-order valence-electron chi connectivity index (χ3n) is 2.29. The van der Waals surface area contributed by atoms with Crippen LogP contribution in [0.1, 0.15) is 0 Å². The van der Waals surface area contributed by atoms with Gasteiger partial charge in [0.25, 0.3) is 0 Å². The number of hydrogen-bond donors (Lipinski definition) is 0. The molecule has 0 unspecified atom stereocenters. The average Bonchev–Trinajstić information content (AvgIpc) is 2.29. The number of aromatic nitrogens is 1. The Hall–Kier alpha value is -1.77. The summed E-state index contributed by atoms with van der Waals surface area (Å²) in [5.74, 6) is 1.64. The number of fused-ring (bicyclic) bond motifs is 3. The number of nitrogens with zero attached hydrogens (tertiary/aromatic N) is 1. The summed E-state index contributed by atoms with van der Waals surface area (Å²) in [6.07, 6.45) is 1.78. The Bertz CT molecular complexity index is 482. The van der Waals surface area contributed by atoms with Crippen LogP contribution >= 0.6 is 0 Å². The number of benzene rings is 1. The molecule has 0 saturated carbocycles. The molecule has 1 aromatic carbocycles. The van der Waals surface area contributed by atoms with E-state index in [1.165, 1.54) is 0 Å². The van der Waals surface area contributed by atoms with Crippen molar-refractivity contribution in [2.24, 2.45) is 0 Å². The largest absolute Gasteiger partial charge is 0.486 e. The molecule has 0 radical (unpaired) electrons. The minimum Gasteiger partial charge on any atom is -0.486 e. The lowest BCUT2D eigenvalue weighted by Crippen LogP contribution is -2.15. The third kappa shape index (κ3) is 1.02. The van der Waals surface area contributed by atoms with Crippen LogP contribution in [-0.2, 0) is 0 Å². The van der Waals surface area contributed by atoms with Gasteiger partial charge in [0.2, 0.25) is 0 Å². The normalized spacial score (nSPS) is 14.3. The monoisotopic (exact) mass is 187 g/mol. The molecule has 0 atom stereocenters. The van der Waals surface area contributed by atoms with Crippen LogP contribution in [0.2, 0.25) is 0 Å². The van der Waals surface area contributed by atoms with Gasteiger partial charge in [-0.15, -0.1) is 0 Å². The van der Waals surface area contributed by atoms with Gasteiger partial charge in [-0.1, -0.05) is 0 Å². The zero-order valence-electron chi connectivity index (χ0n) is 7.56. The van der Waals surface area contributed by atoms with Gasteiger partial charge in [0.1, 0.15) is 13.2 Å². The van der Waals surface area contributed by atoms with E-state index in [0.717, 1.165) is 22.4 Å². The molecule has 3 rings (SSSR count). The van der Waals surface area contributed by atoms with Gasteiger partial charge in [-0.25, -0.2) is 0 Å². The summed E-state index contributed by atoms with van der Waals surface area (Å²) in [5, 5.41) is 1.02. The predicted molar refractivity (Wildman–Crippen MR) is 52.7 cm³/mol. The molecule has 0 N–H and O–H groups in total. The van der Waals surface area contributed by atoms with Gasteiger partial charge in [0.15, 0.2) is 11.5 Å². The molecule has 0 saturated heterocycles. The van der Waals surface area contributed by atoms with E-state index >= 15 is 0 Å². The van der Waals surface area contributed by atoms with Crippen molar-refractivity contribution in [1.82, 2.24) is 4.98 Å². The van der Waals surface area contributed by atoms with Gasteiger partial charge in [0.05, 0.1) is 5.52 Å². The first kappa shape index (κ1) is 7.62. The highest BCUT2D eigenvalue weighted by Gasteiger charge is 2.14. The maximum atomic E-state index is 5.57. The van der Waals surface area contributed by atoms with Gasteiger partial charge in [0, 0.05) is 11.6 Å². The number of hydrogen-bond acceptors (Lipinski definition) is 3. The maximum absolute atomic E-state index is 5.57. The molecule has 0 bridgehead atoms. The highest BCUT2D eigenvalue weighted by atomic mass is 16.6. The molecule has 1 aromatic heterocycles. The molecule has 0 fully saturated rings. The molecule has 1 aliphatic heterocycles. The van der Waals surface area contributed by atoms with Crippen LogP contribution in [0, 0.1) is 0 Å². The first-order chi connectivity index (χ1) is 6.95. The fourth-order valence-corrected chi connectivity index (χ4v) is 1.66. The minimum absolute atomic E-state index is 0.612. The van der Waals surface area contributed by atoms with Gasteiger partial charge in [-0.2, -0.15) is 0 Å². The Morgan fingerprint density at radius 3 is 3.00 bits per heavy atom. The Labute approximate surface area is 81.3 Å². The molecule has 2 aromatic rings. The first-order valence-electron chi connectivity index (χ1n) is 4.58. The topological polar surface area (TPSA) is 31.4 Å². The zero-order chi connectivity index (χ0) is 9.38. The number of rotatable bonds is 0. The molecule has 3 nitrogen and oxygen atoms in total. The van der Waals surface area contributed by atoms with E-state index in [2.05, 4.69) is 4.98 Å². The van der Waals surface area contributed by atoms with Crippen molar-refractivity contribution < 1.29 is 9.47 Å². The van der Waals surface area contributed by atoms with Gasteiger partial charge in [-0.3, -0.25) is 4.98 Å². The van der Waals surface area contributed by atoms with E-state index in [-0.39, 0.29) is 0 Å².